The molecule has 0 spiro atoms. The minimum Gasteiger partial charge on any atom is -0.494 e. The van der Waals surface area contributed by atoms with Gasteiger partial charge in [0.2, 0.25) is 0 Å². The predicted octanol–water partition coefficient (Wildman–Crippen LogP) is 4.16. The molecule has 2 nitrogen and oxygen atoms in total. The van der Waals surface area contributed by atoms with Crippen molar-refractivity contribution in [1.29, 1.82) is 0 Å². The van der Waals surface area contributed by atoms with Gasteiger partial charge in [0.1, 0.15) is 5.75 Å². The van der Waals surface area contributed by atoms with Gasteiger partial charge in [0.15, 0.2) is 5.78 Å². The Balaban J connectivity index is 1.74. The molecule has 0 unspecified atom stereocenters. The average Bonchev–Trinajstić information content (AvgIpc) is 2.44. The molecule has 0 heterocycles. The van der Waals surface area contributed by atoms with Gasteiger partial charge in [-0.25, -0.2) is 0 Å². The lowest BCUT2D eigenvalue weighted by atomic mass is 9.81. The van der Waals surface area contributed by atoms with Crippen LogP contribution in [-0.2, 0) is 4.79 Å². The normalized spacial score (nSPS) is 19.7. The molecule has 0 amide bonds. The summed E-state index contributed by atoms with van der Waals surface area (Å²) in [5.41, 5.74) is 2.25. The quantitative estimate of drug-likeness (QED) is 0.741. The molecule has 1 atom stereocenters. The number of hydrogen-bond donors (Lipinski definition) is 0. The highest BCUT2D eigenvalue weighted by atomic mass is 16.5. The highest BCUT2D eigenvalue weighted by Crippen LogP contribution is 2.28. The fourth-order valence-electron chi connectivity index (χ4n) is 2.54. The molecule has 0 N–H and O–H groups in total. The summed E-state index contributed by atoms with van der Waals surface area (Å²) < 4.78 is 5.66. The Labute approximate surface area is 115 Å². The van der Waals surface area contributed by atoms with E-state index in [9.17, 15) is 4.79 Å². The topological polar surface area (TPSA) is 26.3 Å². The number of hydrogen-bond acceptors (Lipinski definition) is 2. The van der Waals surface area contributed by atoms with Gasteiger partial charge >= 0.3 is 0 Å². The summed E-state index contributed by atoms with van der Waals surface area (Å²) in [5, 5.41) is 0. The van der Waals surface area contributed by atoms with Crippen molar-refractivity contribution in [3.05, 3.63) is 41.5 Å². The van der Waals surface area contributed by atoms with Crippen molar-refractivity contribution in [2.45, 2.75) is 39.5 Å². The lowest BCUT2D eigenvalue weighted by molar-refractivity contribution is -0.120. The van der Waals surface area contributed by atoms with Crippen LogP contribution in [0.3, 0.4) is 0 Å². The van der Waals surface area contributed by atoms with Crippen LogP contribution < -0.4 is 4.74 Å². The Bertz CT molecular complexity index is 459. The van der Waals surface area contributed by atoms with Gasteiger partial charge in [0, 0.05) is 5.92 Å². The van der Waals surface area contributed by atoms with E-state index >= 15 is 0 Å². The van der Waals surface area contributed by atoms with Crippen molar-refractivity contribution >= 4 is 5.78 Å². The summed E-state index contributed by atoms with van der Waals surface area (Å²) in [4.78, 5) is 12.1. The summed E-state index contributed by atoms with van der Waals surface area (Å²) in [6.45, 7) is 4.72. The number of rotatable bonds is 5. The fraction of sp³-hybridized carbons (Fsp3) is 0.471. The molecule has 0 aliphatic heterocycles. The fourth-order valence-corrected chi connectivity index (χ4v) is 2.54. The number of benzene rings is 1. The highest BCUT2D eigenvalue weighted by Gasteiger charge is 2.24. The van der Waals surface area contributed by atoms with Gasteiger partial charge in [0.05, 0.1) is 6.61 Å². The first-order chi connectivity index (χ1) is 9.18. The molecule has 1 aliphatic carbocycles. The number of para-hydroxylation sites is 1. The van der Waals surface area contributed by atoms with Crippen LogP contribution in [0.4, 0.5) is 0 Å². The van der Waals surface area contributed by atoms with Crippen LogP contribution in [0.25, 0.3) is 0 Å². The lowest BCUT2D eigenvalue weighted by Gasteiger charge is -2.22. The van der Waals surface area contributed by atoms with E-state index in [1.807, 2.05) is 37.3 Å². The van der Waals surface area contributed by atoms with E-state index < -0.39 is 0 Å². The molecule has 19 heavy (non-hydrogen) atoms. The molecule has 0 fully saturated rings. The third-order valence-electron chi connectivity index (χ3n) is 3.96. The van der Waals surface area contributed by atoms with E-state index in [4.69, 9.17) is 4.74 Å². The van der Waals surface area contributed by atoms with Crippen molar-refractivity contribution in [1.82, 2.24) is 0 Å². The maximum atomic E-state index is 12.1. The van der Waals surface area contributed by atoms with Crippen LogP contribution in [0.1, 0.15) is 39.5 Å². The van der Waals surface area contributed by atoms with E-state index in [1.54, 1.807) is 0 Å². The molecule has 0 aromatic heterocycles. The molecular weight excluding hydrogens is 236 g/mol. The number of allylic oxidation sites excluding steroid dienone is 2. The van der Waals surface area contributed by atoms with E-state index in [1.165, 1.54) is 5.57 Å². The Hall–Kier alpha value is -1.57. The summed E-state index contributed by atoms with van der Waals surface area (Å²) in [5.74, 6) is 1.47. The molecule has 2 rings (SSSR count). The van der Waals surface area contributed by atoms with Crippen LogP contribution in [0.2, 0.25) is 0 Å². The molecule has 0 radical (unpaired) electrons. The van der Waals surface area contributed by atoms with Gasteiger partial charge in [-0.2, -0.15) is 0 Å². The molecule has 1 aliphatic rings. The molecule has 0 saturated carbocycles. The Morgan fingerprint density at radius 3 is 2.68 bits per heavy atom. The van der Waals surface area contributed by atoms with Gasteiger partial charge in [0.25, 0.3) is 0 Å². The summed E-state index contributed by atoms with van der Waals surface area (Å²) in [6, 6.07) is 9.84. The summed E-state index contributed by atoms with van der Waals surface area (Å²) in [6.07, 6.45) is 3.96. The Morgan fingerprint density at radius 1 is 1.21 bits per heavy atom. The molecule has 1 aromatic rings. The van der Waals surface area contributed by atoms with Crippen molar-refractivity contribution in [2.75, 3.05) is 6.61 Å². The second kappa shape index (κ2) is 6.55. The number of carbonyl (C=O) groups excluding carboxylic acids is 1. The highest BCUT2D eigenvalue weighted by molar-refractivity contribution is 5.98. The zero-order valence-corrected chi connectivity index (χ0v) is 11.8. The van der Waals surface area contributed by atoms with Gasteiger partial charge < -0.3 is 4.74 Å². The largest absolute Gasteiger partial charge is 0.494 e. The van der Waals surface area contributed by atoms with Gasteiger partial charge in [-0.3, -0.25) is 4.79 Å². The van der Waals surface area contributed by atoms with Crippen molar-refractivity contribution in [3.63, 3.8) is 0 Å². The minimum atomic E-state index is 0.211. The third-order valence-corrected chi connectivity index (χ3v) is 3.96. The minimum absolute atomic E-state index is 0.211. The Kier molecular flexibility index (Phi) is 4.78. The summed E-state index contributed by atoms with van der Waals surface area (Å²) in [7, 11) is 0. The van der Waals surface area contributed by atoms with Gasteiger partial charge in [-0.05, 0) is 57.2 Å². The Morgan fingerprint density at radius 2 is 1.95 bits per heavy atom. The van der Waals surface area contributed by atoms with Gasteiger partial charge in [-0.1, -0.05) is 23.8 Å². The molecule has 102 valence electrons. The van der Waals surface area contributed by atoms with Gasteiger partial charge in [-0.15, -0.1) is 0 Å². The number of Topliss-reactive ketones (excluding diaryl/α,β-unsaturated/α-hetero) is 1. The lowest BCUT2D eigenvalue weighted by Crippen LogP contribution is -2.21. The standard InChI is InChI=1S/C17H22O2/c1-13-10-11-15(17(18)14(13)2)7-6-12-19-16-8-4-3-5-9-16/h3-5,8-9,15H,6-7,10-12H2,1-2H3/t15-/m1/s1. The van der Waals surface area contributed by atoms with Crippen LogP contribution >= 0.6 is 0 Å². The van der Waals surface area contributed by atoms with Crippen molar-refractivity contribution in [3.8, 4) is 5.75 Å². The first kappa shape index (κ1) is 13.9. The maximum Gasteiger partial charge on any atom is 0.161 e. The second-order valence-corrected chi connectivity index (χ2v) is 5.31. The molecule has 1 aromatic carbocycles. The molecule has 0 saturated heterocycles. The number of ether oxygens (including phenoxy) is 1. The number of ketones is 1. The maximum absolute atomic E-state index is 12.1. The van der Waals surface area contributed by atoms with E-state index in [2.05, 4.69) is 6.92 Å². The SMILES string of the molecule is CC1=C(C)C(=O)[C@H](CCCOc2ccccc2)CC1. The van der Waals surface area contributed by atoms with Crippen LogP contribution in [0.15, 0.2) is 41.5 Å². The smallest absolute Gasteiger partial charge is 0.161 e. The van der Waals surface area contributed by atoms with Crippen molar-refractivity contribution in [2.24, 2.45) is 5.92 Å². The molecular formula is C17H22O2. The third kappa shape index (κ3) is 3.69. The van der Waals surface area contributed by atoms with E-state index in [-0.39, 0.29) is 5.92 Å². The second-order valence-electron chi connectivity index (χ2n) is 5.31. The summed E-state index contributed by atoms with van der Waals surface area (Å²) >= 11 is 0. The van der Waals surface area contributed by atoms with E-state index in [0.29, 0.717) is 12.4 Å². The average molecular weight is 258 g/mol. The first-order valence-electron chi connectivity index (χ1n) is 7.07. The first-order valence-corrected chi connectivity index (χ1v) is 7.07. The molecule has 2 heteroatoms. The zero-order chi connectivity index (χ0) is 13.7. The zero-order valence-electron chi connectivity index (χ0n) is 11.8. The van der Waals surface area contributed by atoms with Crippen LogP contribution in [0.5, 0.6) is 5.75 Å². The monoisotopic (exact) mass is 258 g/mol. The van der Waals surface area contributed by atoms with Crippen LogP contribution in [-0.4, -0.2) is 12.4 Å². The number of carbonyl (C=O) groups is 1. The predicted molar refractivity (Wildman–Crippen MR) is 77.3 cm³/mol. The van der Waals surface area contributed by atoms with E-state index in [0.717, 1.165) is 37.0 Å². The molecule has 0 bridgehead atoms. The van der Waals surface area contributed by atoms with Crippen molar-refractivity contribution < 1.29 is 9.53 Å². The van der Waals surface area contributed by atoms with Crippen LogP contribution in [0, 0.1) is 5.92 Å².